The third-order valence-corrected chi connectivity index (χ3v) is 1.93. The van der Waals surface area contributed by atoms with Crippen LogP contribution in [0, 0.1) is 0 Å². The molecule has 3 heteroatoms. The lowest BCUT2D eigenvalue weighted by atomic mass is 10.1. The normalized spacial score (nSPS) is 11.3. The van der Waals surface area contributed by atoms with Crippen LogP contribution in [0.25, 0.3) is 11.0 Å². The highest BCUT2D eigenvalue weighted by atomic mass is 16.5. The summed E-state index contributed by atoms with van der Waals surface area (Å²) < 4.78 is 5.20. The first-order valence-electron chi connectivity index (χ1n) is 4.12. The molecule has 13 heavy (non-hydrogen) atoms. The highest BCUT2D eigenvalue weighted by Crippen LogP contribution is 2.17. The smallest absolute Gasteiger partial charge is 0.133 e. The number of hydrogen-bond acceptors (Lipinski definition) is 3. The second-order valence-electron chi connectivity index (χ2n) is 3.11. The SMILES string of the molecule is CN(O)Cc1ccc2occc2c1. The summed E-state index contributed by atoms with van der Waals surface area (Å²) in [6.45, 7) is 0.529. The van der Waals surface area contributed by atoms with E-state index < -0.39 is 0 Å². The molecule has 3 nitrogen and oxygen atoms in total. The minimum Gasteiger partial charge on any atom is -0.464 e. The van der Waals surface area contributed by atoms with Gasteiger partial charge in [-0.1, -0.05) is 6.07 Å². The molecule has 68 valence electrons. The lowest BCUT2D eigenvalue weighted by Crippen LogP contribution is -2.11. The van der Waals surface area contributed by atoms with E-state index in [1.165, 1.54) is 0 Å². The molecule has 2 rings (SSSR count). The van der Waals surface area contributed by atoms with E-state index in [0.29, 0.717) is 6.54 Å². The van der Waals surface area contributed by atoms with Crippen molar-refractivity contribution < 1.29 is 9.62 Å². The number of hydroxylamine groups is 2. The quantitative estimate of drug-likeness (QED) is 0.715. The fourth-order valence-corrected chi connectivity index (χ4v) is 1.38. The Labute approximate surface area is 76.1 Å². The van der Waals surface area contributed by atoms with Crippen LogP contribution >= 0.6 is 0 Å². The van der Waals surface area contributed by atoms with Crippen molar-refractivity contribution >= 4 is 11.0 Å². The first kappa shape index (κ1) is 8.29. The molecule has 0 saturated carbocycles. The molecule has 0 unspecified atom stereocenters. The van der Waals surface area contributed by atoms with E-state index in [9.17, 15) is 0 Å². The fraction of sp³-hybridized carbons (Fsp3) is 0.200. The number of nitrogens with zero attached hydrogens (tertiary/aromatic N) is 1. The van der Waals surface area contributed by atoms with Crippen molar-refractivity contribution in [2.45, 2.75) is 6.54 Å². The Morgan fingerprint density at radius 3 is 3.00 bits per heavy atom. The summed E-state index contributed by atoms with van der Waals surface area (Å²) in [7, 11) is 1.62. The molecule has 0 saturated heterocycles. The molecule has 1 aromatic carbocycles. The van der Waals surface area contributed by atoms with Crippen molar-refractivity contribution in [3.63, 3.8) is 0 Å². The summed E-state index contributed by atoms with van der Waals surface area (Å²) in [6.07, 6.45) is 1.66. The van der Waals surface area contributed by atoms with Crippen LogP contribution in [0.1, 0.15) is 5.56 Å². The Bertz CT molecular complexity index is 406. The summed E-state index contributed by atoms with van der Waals surface area (Å²) in [5, 5.41) is 11.3. The van der Waals surface area contributed by atoms with Crippen molar-refractivity contribution in [3.8, 4) is 0 Å². The molecule has 0 radical (unpaired) electrons. The fourth-order valence-electron chi connectivity index (χ4n) is 1.38. The maximum Gasteiger partial charge on any atom is 0.133 e. The highest BCUT2D eigenvalue weighted by molar-refractivity contribution is 5.77. The van der Waals surface area contributed by atoms with Gasteiger partial charge in [0.15, 0.2) is 0 Å². The van der Waals surface area contributed by atoms with E-state index in [1.54, 1.807) is 13.3 Å². The minimum atomic E-state index is 0.529. The predicted octanol–water partition coefficient (Wildman–Crippen LogP) is 2.25. The standard InChI is InChI=1S/C10H11NO2/c1-11(12)7-8-2-3-10-9(6-8)4-5-13-10/h2-6,12H,7H2,1H3. The zero-order valence-electron chi connectivity index (χ0n) is 7.40. The van der Waals surface area contributed by atoms with Gasteiger partial charge in [0.1, 0.15) is 5.58 Å². The van der Waals surface area contributed by atoms with Gasteiger partial charge >= 0.3 is 0 Å². The second-order valence-corrected chi connectivity index (χ2v) is 3.11. The summed E-state index contributed by atoms with van der Waals surface area (Å²) in [5.74, 6) is 0. The van der Waals surface area contributed by atoms with E-state index in [0.717, 1.165) is 21.6 Å². The van der Waals surface area contributed by atoms with Gasteiger partial charge in [0.05, 0.1) is 6.26 Å². The van der Waals surface area contributed by atoms with Crippen molar-refractivity contribution in [1.29, 1.82) is 0 Å². The summed E-state index contributed by atoms with van der Waals surface area (Å²) in [6, 6.07) is 7.77. The maximum atomic E-state index is 9.04. The van der Waals surface area contributed by atoms with Gasteiger partial charge in [0, 0.05) is 19.0 Å². The first-order chi connectivity index (χ1) is 6.25. The van der Waals surface area contributed by atoms with Gasteiger partial charge in [-0.25, -0.2) is 0 Å². The molecule has 1 aromatic heterocycles. The Morgan fingerprint density at radius 1 is 1.38 bits per heavy atom. The zero-order chi connectivity index (χ0) is 9.26. The van der Waals surface area contributed by atoms with E-state index in [-0.39, 0.29) is 0 Å². The van der Waals surface area contributed by atoms with Crippen LogP contribution in [0.15, 0.2) is 34.9 Å². The third-order valence-electron chi connectivity index (χ3n) is 1.93. The molecule has 0 aliphatic carbocycles. The Kier molecular flexibility index (Phi) is 2.04. The van der Waals surface area contributed by atoms with Crippen LogP contribution in [0.2, 0.25) is 0 Å². The first-order valence-corrected chi connectivity index (χ1v) is 4.12. The van der Waals surface area contributed by atoms with Gasteiger partial charge in [-0.05, 0) is 23.8 Å². The van der Waals surface area contributed by atoms with Gasteiger partial charge in [-0.15, -0.1) is 0 Å². The second kappa shape index (κ2) is 3.20. The number of hydrogen-bond donors (Lipinski definition) is 1. The van der Waals surface area contributed by atoms with Crippen LogP contribution in [0.4, 0.5) is 0 Å². The van der Waals surface area contributed by atoms with E-state index in [4.69, 9.17) is 9.62 Å². The van der Waals surface area contributed by atoms with E-state index in [1.807, 2.05) is 24.3 Å². The number of benzene rings is 1. The van der Waals surface area contributed by atoms with Gasteiger partial charge in [-0.2, -0.15) is 5.06 Å². The Balaban J connectivity index is 2.37. The molecule has 1 heterocycles. The number of furan rings is 1. The lowest BCUT2D eigenvalue weighted by Gasteiger charge is -2.07. The Morgan fingerprint density at radius 2 is 2.23 bits per heavy atom. The average molecular weight is 177 g/mol. The van der Waals surface area contributed by atoms with E-state index >= 15 is 0 Å². The minimum absolute atomic E-state index is 0.529. The van der Waals surface area contributed by atoms with Crippen molar-refractivity contribution in [2.24, 2.45) is 0 Å². The molecule has 1 N–H and O–H groups in total. The summed E-state index contributed by atoms with van der Waals surface area (Å²) in [4.78, 5) is 0. The van der Waals surface area contributed by atoms with Crippen molar-refractivity contribution in [2.75, 3.05) is 7.05 Å². The molecule has 0 aliphatic rings. The van der Waals surface area contributed by atoms with Gasteiger partial charge in [0.2, 0.25) is 0 Å². The maximum absolute atomic E-state index is 9.04. The molecule has 0 bridgehead atoms. The van der Waals surface area contributed by atoms with Crippen LogP contribution in [-0.4, -0.2) is 17.3 Å². The van der Waals surface area contributed by atoms with Gasteiger partial charge in [-0.3, -0.25) is 0 Å². The van der Waals surface area contributed by atoms with Gasteiger partial charge in [0.25, 0.3) is 0 Å². The van der Waals surface area contributed by atoms with Crippen LogP contribution in [0.5, 0.6) is 0 Å². The zero-order valence-corrected chi connectivity index (χ0v) is 7.40. The molecular weight excluding hydrogens is 166 g/mol. The monoisotopic (exact) mass is 177 g/mol. The average Bonchev–Trinajstić information content (AvgIpc) is 2.49. The lowest BCUT2D eigenvalue weighted by molar-refractivity contribution is -0.0731. The third kappa shape index (κ3) is 1.71. The van der Waals surface area contributed by atoms with Gasteiger partial charge < -0.3 is 9.62 Å². The number of fused-ring (bicyclic) bond motifs is 1. The molecular formula is C10H11NO2. The molecule has 2 aromatic rings. The van der Waals surface area contributed by atoms with E-state index in [2.05, 4.69) is 0 Å². The molecule has 0 amide bonds. The Hall–Kier alpha value is -1.32. The predicted molar refractivity (Wildman–Crippen MR) is 49.5 cm³/mol. The topological polar surface area (TPSA) is 36.6 Å². The van der Waals surface area contributed by atoms with Crippen LogP contribution < -0.4 is 0 Å². The number of rotatable bonds is 2. The molecule has 0 atom stereocenters. The summed E-state index contributed by atoms with van der Waals surface area (Å²) >= 11 is 0. The van der Waals surface area contributed by atoms with Crippen molar-refractivity contribution in [3.05, 3.63) is 36.1 Å². The summed E-state index contributed by atoms with van der Waals surface area (Å²) in [5.41, 5.74) is 1.95. The van der Waals surface area contributed by atoms with Crippen LogP contribution in [0.3, 0.4) is 0 Å². The highest BCUT2D eigenvalue weighted by Gasteiger charge is 2.00. The van der Waals surface area contributed by atoms with Crippen molar-refractivity contribution in [1.82, 2.24) is 5.06 Å². The molecule has 0 aliphatic heterocycles. The molecule has 0 spiro atoms. The molecule has 0 fully saturated rings. The van der Waals surface area contributed by atoms with Crippen LogP contribution in [-0.2, 0) is 6.54 Å². The largest absolute Gasteiger partial charge is 0.464 e.